The van der Waals surface area contributed by atoms with Gasteiger partial charge in [0.2, 0.25) is 0 Å². The summed E-state index contributed by atoms with van der Waals surface area (Å²) in [7, 11) is 0. The second-order valence-corrected chi connectivity index (χ2v) is 5.24. The Kier molecular flexibility index (Phi) is 4.76. The van der Waals surface area contributed by atoms with Crippen LogP contribution in [0, 0.1) is 10.1 Å². The van der Waals surface area contributed by atoms with Crippen molar-refractivity contribution < 1.29 is 19.6 Å². The first-order valence-corrected chi connectivity index (χ1v) is 6.80. The minimum atomic E-state index is -0.627. The van der Waals surface area contributed by atoms with Crippen molar-refractivity contribution in [2.75, 3.05) is 19.7 Å². The van der Waals surface area contributed by atoms with E-state index >= 15 is 0 Å². The first-order chi connectivity index (χ1) is 9.93. The summed E-state index contributed by atoms with van der Waals surface area (Å²) in [5.74, 6) is -0.405. The second-order valence-electron chi connectivity index (χ2n) is 4.86. The molecule has 21 heavy (non-hydrogen) atoms. The number of hydrogen-bond acceptors (Lipinski definition) is 5. The highest BCUT2D eigenvalue weighted by Gasteiger charge is 2.30. The lowest BCUT2D eigenvalue weighted by Gasteiger charge is -2.36. The first-order valence-electron chi connectivity index (χ1n) is 6.42. The standard InChI is InChI=1S/C13H15ClN2O5/c1-8-5-15(6-9(7-17)21-8)13(18)10-3-2-4-11(12(10)14)16(19)20/h2-4,8-9,17H,5-7H2,1H3. The van der Waals surface area contributed by atoms with Gasteiger partial charge in [-0.15, -0.1) is 0 Å². The Morgan fingerprint density at radius 3 is 2.90 bits per heavy atom. The maximum absolute atomic E-state index is 12.5. The number of rotatable bonds is 3. The molecule has 0 aromatic heterocycles. The molecule has 2 unspecified atom stereocenters. The molecule has 1 aliphatic rings. The maximum Gasteiger partial charge on any atom is 0.288 e. The van der Waals surface area contributed by atoms with Crippen LogP contribution in [-0.2, 0) is 4.74 Å². The molecule has 114 valence electrons. The van der Waals surface area contributed by atoms with E-state index in [2.05, 4.69) is 0 Å². The SMILES string of the molecule is CC1CN(C(=O)c2cccc([N+](=O)[O-])c2Cl)CC(CO)O1. The van der Waals surface area contributed by atoms with Crippen LogP contribution in [0.25, 0.3) is 0 Å². The topological polar surface area (TPSA) is 92.9 Å². The molecule has 1 fully saturated rings. The number of ether oxygens (including phenoxy) is 1. The molecule has 1 aliphatic heterocycles. The van der Waals surface area contributed by atoms with Gasteiger partial charge >= 0.3 is 0 Å². The Labute approximate surface area is 126 Å². The lowest BCUT2D eigenvalue weighted by Crippen LogP contribution is -2.50. The monoisotopic (exact) mass is 314 g/mol. The molecule has 7 nitrogen and oxygen atoms in total. The van der Waals surface area contributed by atoms with Crippen molar-refractivity contribution in [3.8, 4) is 0 Å². The van der Waals surface area contributed by atoms with Gasteiger partial charge in [0.15, 0.2) is 0 Å². The summed E-state index contributed by atoms with van der Waals surface area (Å²) >= 11 is 5.95. The summed E-state index contributed by atoms with van der Waals surface area (Å²) in [6.45, 7) is 2.15. The molecule has 0 spiro atoms. The Morgan fingerprint density at radius 1 is 1.57 bits per heavy atom. The van der Waals surface area contributed by atoms with Crippen LogP contribution in [0.1, 0.15) is 17.3 Å². The fourth-order valence-corrected chi connectivity index (χ4v) is 2.58. The molecule has 8 heteroatoms. The fraction of sp³-hybridized carbons (Fsp3) is 0.462. The highest BCUT2D eigenvalue weighted by atomic mass is 35.5. The van der Waals surface area contributed by atoms with Crippen LogP contribution in [0.4, 0.5) is 5.69 Å². The van der Waals surface area contributed by atoms with Gasteiger partial charge in [-0.3, -0.25) is 14.9 Å². The van der Waals surface area contributed by atoms with Crippen LogP contribution >= 0.6 is 11.6 Å². The van der Waals surface area contributed by atoms with Gasteiger partial charge in [0.25, 0.3) is 11.6 Å². The highest BCUT2D eigenvalue weighted by Crippen LogP contribution is 2.29. The summed E-state index contributed by atoms with van der Waals surface area (Å²) in [4.78, 5) is 24.2. The average Bonchev–Trinajstić information content (AvgIpc) is 2.45. The number of aliphatic hydroxyl groups excluding tert-OH is 1. The Hall–Kier alpha value is -1.70. The van der Waals surface area contributed by atoms with Gasteiger partial charge in [0.05, 0.1) is 29.3 Å². The molecular formula is C13H15ClN2O5. The van der Waals surface area contributed by atoms with Crippen molar-refractivity contribution in [2.45, 2.75) is 19.1 Å². The Bertz CT molecular complexity index is 565. The summed E-state index contributed by atoms with van der Waals surface area (Å²) < 4.78 is 5.46. The van der Waals surface area contributed by atoms with Crippen LogP contribution in [-0.4, -0.2) is 52.7 Å². The van der Waals surface area contributed by atoms with Crippen molar-refractivity contribution in [2.24, 2.45) is 0 Å². The number of aliphatic hydroxyl groups is 1. The number of amides is 1. The summed E-state index contributed by atoms with van der Waals surface area (Å²) in [6, 6.07) is 4.12. The van der Waals surface area contributed by atoms with Gasteiger partial charge < -0.3 is 14.7 Å². The number of carbonyl (C=O) groups excluding carboxylic acids is 1. The fourth-order valence-electron chi connectivity index (χ4n) is 2.31. The van der Waals surface area contributed by atoms with E-state index in [9.17, 15) is 20.0 Å². The predicted molar refractivity (Wildman–Crippen MR) is 75.4 cm³/mol. The van der Waals surface area contributed by atoms with Gasteiger partial charge in [-0.1, -0.05) is 17.7 Å². The number of morpholine rings is 1. The molecule has 2 rings (SSSR count). The zero-order chi connectivity index (χ0) is 15.6. The van der Waals surface area contributed by atoms with Crippen LogP contribution in [0.15, 0.2) is 18.2 Å². The zero-order valence-electron chi connectivity index (χ0n) is 11.4. The third kappa shape index (κ3) is 3.31. The van der Waals surface area contributed by atoms with Gasteiger partial charge in [-0.05, 0) is 13.0 Å². The third-order valence-corrected chi connectivity index (χ3v) is 3.62. The molecule has 0 saturated carbocycles. The lowest BCUT2D eigenvalue weighted by molar-refractivity contribution is -0.384. The summed E-state index contributed by atoms with van der Waals surface area (Å²) in [5, 5.41) is 19.9. The first kappa shape index (κ1) is 15.7. The predicted octanol–water partition coefficient (Wildman–Crippen LogP) is 1.47. The third-order valence-electron chi connectivity index (χ3n) is 3.22. The van der Waals surface area contributed by atoms with Crippen molar-refractivity contribution in [3.05, 3.63) is 38.9 Å². The Morgan fingerprint density at radius 2 is 2.29 bits per heavy atom. The molecule has 1 aromatic rings. The molecule has 0 bridgehead atoms. The molecule has 2 atom stereocenters. The number of halogens is 1. The number of carbonyl (C=O) groups is 1. The molecule has 1 aromatic carbocycles. The molecular weight excluding hydrogens is 300 g/mol. The van der Waals surface area contributed by atoms with E-state index in [0.717, 1.165) is 0 Å². The smallest absolute Gasteiger partial charge is 0.288 e. The Balaban J connectivity index is 2.27. The maximum atomic E-state index is 12.5. The summed E-state index contributed by atoms with van der Waals surface area (Å²) in [5.41, 5.74) is -0.223. The average molecular weight is 315 g/mol. The van der Waals surface area contributed by atoms with Gasteiger partial charge in [-0.25, -0.2) is 0 Å². The van der Waals surface area contributed by atoms with E-state index in [1.807, 2.05) is 0 Å². The zero-order valence-corrected chi connectivity index (χ0v) is 12.1. The summed E-state index contributed by atoms with van der Waals surface area (Å²) in [6.07, 6.45) is -0.688. The van der Waals surface area contributed by atoms with Crippen LogP contribution in [0.2, 0.25) is 5.02 Å². The molecule has 0 radical (unpaired) electrons. The quantitative estimate of drug-likeness (QED) is 0.673. The van der Waals surface area contributed by atoms with Crippen molar-refractivity contribution >= 4 is 23.2 Å². The van der Waals surface area contributed by atoms with E-state index in [4.69, 9.17) is 16.3 Å². The number of hydrogen-bond donors (Lipinski definition) is 1. The number of nitro groups is 1. The van der Waals surface area contributed by atoms with E-state index < -0.39 is 16.9 Å². The largest absolute Gasteiger partial charge is 0.394 e. The van der Waals surface area contributed by atoms with E-state index in [1.54, 1.807) is 6.92 Å². The normalized spacial score (nSPS) is 22.1. The molecule has 1 saturated heterocycles. The molecule has 0 aliphatic carbocycles. The van der Waals surface area contributed by atoms with Crippen LogP contribution in [0.3, 0.4) is 0 Å². The van der Waals surface area contributed by atoms with Crippen LogP contribution < -0.4 is 0 Å². The van der Waals surface area contributed by atoms with Gasteiger partial charge in [0, 0.05) is 19.2 Å². The molecule has 1 amide bonds. The van der Waals surface area contributed by atoms with Crippen molar-refractivity contribution in [3.63, 3.8) is 0 Å². The van der Waals surface area contributed by atoms with Crippen molar-refractivity contribution in [1.29, 1.82) is 0 Å². The molecule has 1 N–H and O–H groups in total. The minimum Gasteiger partial charge on any atom is -0.394 e. The number of nitro benzene ring substituents is 1. The highest BCUT2D eigenvalue weighted by molar-refractivity contribution is 6.35. The van der Waals surface area contributed by atoms with Gasteiger partial charge in [-0.2, -0.15) is 0 Å². The van der Waals surface area contributed by atoms with Gasteiger partial charge in [0.1, 0.15) is 5.02 Å². The number of nitrogens with zero attached hydrogens (tertiary/aromatic N) is 2. The van der Waals surface area contributed by atoms with E-state index in [0.29, 0.717) is 6.54 Å². The van der Waals surface area contributed by atoms with Crippen LogP contribution in [0.5, 0.6) is 0 Å². The second kappa shape index (κ2) is 6.38. The van der Waals surface area contributed by atoms with E-state index in [-0.39, 0.29) is 35.5 Å². The lowest BCUT2D eigenvalue weighted by atomic mass is 10.1. The minimum absolute atomic E-state index is 0.0802. The van der Waals surface area contributed by atoms with Crippen molar-refractivity contribution in [1.82, 2.24) is 4.90 Å². The van der Waals surface area contributed by atoms with E-state index in [1.165, 1.54) is 23.1 Å². The number of benzene rings is 1. The molecule has 1 heterocycles.